The van der Waals surface area contributed by atoms with E-state index in [9.17, 15) is 18.0 Å². The number of esters is 1. The van der Waals surface area contributed by atoms with E-state index >= 15 is 0 Å². The number of halogens is 3. The molecular weight excluding hydrogens is 714 g/mol. The Kier molecular flexibility index (Phi) is 11.0. The maximum atomic E-state index is 13.8. The van der Waals surface area contributed by atoms with E-state index in [2.05, 4.69) is 51.7 Å². The van der Waals surface area contributed by atoms with E-state index in [1.807, 2.05) is 115 Å². The van der Waals surface area contributed by atoms with Crippen molar-refractivity contribution in [1.29, 1.82) is 0 Å². The van der Waals surface area contributed by atoms with Crippen LogP contribution in [-0.2, 0) is 23.0 Å². The van der Waals surface area contributed by atoms with Crippen molar-refractivity contribution in [2.45, 2.75) is 38.5 Å². The Hall–Kier alpha value is -6.62. The van der Waals surface area contributed by atoms with E-state index in [0.717, 1.165) is 51.1 Å². The fourth-order valence-electron chi connectivity index (χ4n) is 7.17. The lowest BCUT2D eigenvalue weighted by atomic mass is 9.77. The summed E-state index contributed by atoms with van der Waals surface area (Å²) in [6.07, 6.45) is -4.08. The van der Waals surface area contributed by atoms with Crippen molar-refractivity contribution < 1.29 is 22.7 Å². The van der Waals surface area contributed by atoms with Gasteiger partial charge in [-0.3, -0.25) is 0 Å². The van der Waals surface area contributed by atoms with Crippen LogP contribution in [0.25, 0.3) is 22.5 Å². The number of hydrogen-bond donors (Lipinski definition) is 0. The highest BCUT2D eigenvalue weighted by Gasteiger charge is 2.42. The van der Waals surface area contributed by atoms with Gasteiger partial charge in [-0.25, -0.2) is 14.5 Å². The second-order valence-electron chi connectivity index (χ2n) is 13.2. The van der Waals surface area contributed by atoms with E-state index < -0.39 is 23.4 Å². The zero-order chi connectivity index (χ0) is 39.1. The molecule has 0 bridgehead atoms. The molecule has 0 aliphatic carbocycles. The van der Waals surface area contributed by atoms with Crippen molar-refractivity contribution >= 4 is 11.8 Å². The normalized spacial score (nSPS) is 11.7. The van der Waals surface area contributed by atoms with Crippen LogP contribution in [0.4, 0.5) is 19.0 Å². The molecule has 0 saturated heterocycles. The maximum absolute atomic E-state index is 13.8. The average molecular weight is 753 g/mol. The van der Waals surface area contributed by atoms with Crippen molar-refractivity contribution in [2.75, 3.05) is 18.1 Å². The first kappa shape index (κ1) is 37.7. The summed E-state index contributed by atoms with van der Waals surface area (Å²) in [6, 6.07) is 48.2. The van der Waals surface area contributed by atoms with Gasteiger partial charge in [0.15, 0.2) is 5.82 Å². The third-order valence-electron chi connectivity index (χ3n) is 9.62. The standard InChI is InChI=1S/C45H39F3N6O2/c1-3-30-53(41-39(43(55)56-4-2)28-29-40(49-41)45(46,47)48)31-32-24-26-33(27-25-32)37-22-14-15-23-38(37)42-50-51-52-54(42)44(34-16-8-5-9-17-34,35-18-10-6-11-19-35)36-20-12-7-13-21-36/h5-29H,3-4,30-31H2,1-2H3. The number of tetrazole rings is 1. The molecule has 0 radical (unpaired) electrons. The Morgan fingerprint density at radius 2 is 1.25 bits per heavy atom. The minimum Gasteiger partial charge on any atom is -0.462 e. The predicted octanol–water partition coefficient (Wildman–Crippen LogP) is 9.85. The molecule has 0 aliphatic rings. The van der Waals surface area contributed by atoms with Gasteiger partial charge in [0.2, 0.25) is 0 Å². The molecule has 0 fully saturated rings. The molecule has 0 N–H and O–H groups in total. The van der Waals surface area contributed by atoms with Gasteiger partial charge in [0.1, 0.15) is 22.6 Å². The van der Waals surface area contributed by atoms with Crippen LogP contribution in [0.1, 0.15) is 58.6 Å². The van der Waals surface area contributed by atoms with Crippen LogP contribution >= 0.6 is 0 Å². The van der Waals surface area contributed by atoms with Crippen LogP contribution in [0.3, 0.4) is 0 Å². The number of anilines is 1. The number of nitrogens with zero attached hydrogens (tertiary/aromatic N) is 6. The van der Waals surface area contributed by atoms with Gasteiger partial charge < -0.3 is 9.64 Å². The first-order valence-corrected chi connectivity index (χ1v) is 18.4. The van der Waals surface area contributed by atoms with Crippen LogP contribution < -0.4 is 4.90 Å². The largest absolute Gasteiger partial charge is 0.462 e. The smallest absolute Gasteiger partial charge is 0.433 e. The molecule has 5 aromatic carbocycles. The van der Waals surface area contributed by atoms with Crippen molar-refractivity contribution in [3.63, 3.8) is 0 Å². The van der Waals surface area contributed by atoms with Gasteiger partial charge in [0, 0.05) is 18.7 Å². The van der Waals surface area contributed by atoms with E-state index in [0.29, 0.717) is 18.8 Å². The Bertz CT molecular complexity index is 2290. The Morgan fingerprint density at radius 3 is 1.79 bits per heavy atom. The minimum absolute atomic E-state index is 0.0193. The average Bonchev–Trinajstić information content (AvgIpc) is 3.72. The lowest BCUT2D eigenvalue weighted by Gasteiger charge is -2.36. The van der Waals surface area contributed by atoms with Crippen molar-refractivity contribution in [2.24, 2.45) is 0 Å². The summed E-state index contributed by atoms with van der Waals surface area (Å²) >= 11 is 0. The van der Waals surface area contributed by atoms with Gasteiger partial charge in [0.25, 0.3) is 0 Å². The Morgan fingerprint density at radius 1 is 0.696 bits per heavy atom. The maximum Gasteiger partial charge on any atom is 0.433 e. The van der Waals surface area contributed by atoms with Crippen LogP contribution in [0, 0.1) is 0 Å². The molecule has 0 aliphatic heterocycles. The lowest BCUT2D eigenvalue weighted by molar-refractivity contribution is -0.141. The topological polar surface area (TPSA) is 86.0 Å². The molecule has 2 heterocycles. The van der Waals surface area contributed by atoms with E-state index in [-0.39, 0.29) is 24.5 Å². The second-order valence-corrected chi connectivity index (χ2v) is 13.2. The molecule has 0 amide bonds. The summed E-state index contributed by atoms with van der Waals surface area (Å²) < 4.78 is 48.5. The number of benzene rings is 5. The minimum atomic E-state index is -4.68. The summed E-state index contributed by atoms with van der Waals surface area (Å²) in [4.78, 5) is 18.5. The second kappa shape index (κ2) is 16.4. The Labute approximate surface area is 323 Å². The third kappa shape index (κ3) is 7.40. The SMILES string of the molecule is CCCN(Cc1ccc(-c2ccccc2-c2nnnn2C(c2ccccc2)(c2ccccc2)c2ccccc2)cc1)c1nc(C(F)(F)F)ccc1C(=O)OCC. The molecule has 0 saturated carbocycles. The molecule has 11 heteroatoms. The van der Waals surface area contributed by atoms with Gasteiger partial charge in [-0.05, 0) is 69.3 Å². The molecule has 2 aromatic heterocycles. The fourth-order valence-corrected chi connectivity index (χ4v) is 7.17. The van der Waals surface area contributed by atoms with Gasteiger partial charge in [0.05, 0.1) is 6.61 Å². The van der Waals surface area contributed by atoms with E-state index in [1.165, 1.54) is 0 Å². The van der Waals surface area contributed by atoms with Gasteiger partial charge in [-0.1, -0.05) is 146 Å². The van der Waals surface area contributed by atoms with Gasteiger partial charge in [-0.2, -0.15) is 13.2 Å². The molecule has 0 atom stereocenters. The van der Waals surface area contributed by atoms with Crippen molar-refractivity contribution in [3.8, 4) is 22.5 Å². The molecule has 0 spiro atoms. The highest BCUT2D eigenvalue weighted by Crippen LogP contribution is 2.43. The van der Waals surface area contributed by atoms with Crippen molar-refractivity contribution in [1.82, 2.24) is 25.2 Å². The van der Waals surface area contributed by atoms with E-state index in [4.69, 9.17) is 9.95 Å². The predicted molar refractivity (Wildman–Crippen MR) is 210 cm³/mol. The monoisotopic (exact) mass is 752 g/mol. The highest BCUT2D eigenvalue weighted by atomic mass is 19.4. The van der Waals surface area contributed by atoms with Gasteiger partial charge in [-0.15, -0.1) is 5.10 Å². The third-order valence-corrected chi connectivity index (χ3v) is 9.62. The molecule has 0 unspecified atom stereocenters. The first-order chi connectivity index (χ1) is 27.2. The quantitative estimate of drug-likeness (QED) is 0.0857. The summed E-state index contributed by atoms with van der Waals surface area (Å²) in [6.45, 7) is 4.21. The number of pyridine rings is 1. The molecule has 56 heavy (non-hydrogen) atoms. The molecule has 8 nitrogen and oxygen atoms in total. The molecule has 7 aromatic rings. The summed E-state index contributed by atoms with van der Waals surface area (Å²) in [5, 5.41) is 13.6. The number of carbonyl (C=O) groups excluding carboxylic acids is 1. The lowest BCUT2D eigenvalue weighted by Crippen LogP contribution is -2.39. The molecular formula is C45H39F3N6O2. The summed E-state index contributed by atoms with van der Waals surface area (Å²) in [5.74, 6) is -0.243. The number of rotatable bonds is 13. The first-order valence-electron chi connectivity index (χ1n) is 18.4. The number of hydrogen-bond acceptors (Lipinski definition) is 7. The van der Waals surface area contributed by atoms with Gasteiger partial charge >= 0.3 is 12.1 Å². The number of alkyl halides is 3. The van der Waals surface area contributed by atoms with Crippen LogP contribution in [0.5, 0.6) is 0 Å². The number of ether oxygens (including phenoxy) is 1. The van der Waals surface area contributed by atoms with Crippen molar-refractivity contribution in [3.05, 3.63) is 185 Å². The van der Waals surface area contributed by atoms with Crippen LogP contribution in [-0.4, -0.2) is 44.3 Å². The Balaban J connectivity index is 1.30. The zero-order valence-electron chi connectivity index (χ0n) is 30.9. The molecule has 7 rings (SSSR count). The molecule has 282 valence electrons. The summed E-state index contributed by atoms with van der Waals surface area (Å²) in [5.41, 5.74) is 4.28. The zero-order valence-corrected chi connectivity index (χ0v) is 30.9. The summed E-state index contributed by atoms with van der Waals surface area (Å²) in [7, 11) is 0. The fraction of sp³-hybridized carbons (Fsp3) is 0.178. The number of aromatic nitrogens is 5. The van der Waals surface area contributed by atoms with Crippen LogP contribution in [0.2, 0.25) is 0 Å². The highest BCUT2D eigenvalue weighted by molar-refractivity contribution is 5.95. The number of carbonyl (C=O) groups is 1. The van der Waals surface area contributed by atoms with Crippen LogP contribution in [0.15, 0.2) is 152 Å². The van der Waals surface area contributed by atoms with E-state index in [1.54, 1.807) is 11.8 Å².